The van der Waals surface area contributed by atoms with Gasteiger partial charge in [-0.2, -0.15) is 0 Å². The van der Waals surface area contributed by atoms with Crippen LogP contribution in [0.3, 0.4) is 0 Å². The highest BCUT2D eigenvalue weighted by Gasteiger charge is 2.30. The zero-order chi connectivity index (χ0) is 16.3. The predicted octanol–water partition coefficient (Wildman–Crippen LogP) is 2.78. The molecule has 0 spiro atoms. The molecule has 1 N–H and O–H groups in total. The van der Waals surface area contributed by atoms with Gasteiger partial charge in [-0.1, -0.05) is 31.5 Å². The monoisotopic (exact) mass is 324 g/mol. The Morgan fingerprint density at radius 3 is 2.82 bits per heavy atom. The Hall–Kier alpha value is -1.26. The second kappa shape index (κ2) is 7.34. The SMILES string of the molecule is CCN1CC[C@@H](N(C)C(=O)Cc2ccc(O)cc2Cl)[C@@H](C)C1. The van der Waals surface area contributed by atoms with Crippen molar-refractivity contribution in [2.45, 2.75) is 32.7 Å². The summed E-state index contributed by atoms with van der Waals surface area (Å²) in [7, 11) is 1.89. The Bertz CT molecular complexity index is 535. The van der Waals surface area contributed by atoms with Crippen LogP contribution in [0.15, 0.2) is 18.2 Å². The first-order valence-corrected chi connectivity index (χ1v) is 8.25. The van der Waals surface area contributed by atoms with E-state index in [1.807, 2.05) is 11.9 Å². The van der Waals surface area contributed by atoms with Crippen molar-refractivity contribution in [3.63, 3.8) is 0 Å². The van der Waals surface area contributed by atoms with Gasteiger partial charge in [0.2, 0.25) is 5.91 Å². The Morgan fingerprint density at radius 1 is 1.50 bits per heavy atom. The first-order valence-electron chi connectivity index (χ1n) is 7.87. The van der Waals surface area contributed by atoms with Crippen molar-refractivity contribution in [3.05, 3.63) is 28.8 Å². The van der Waals surface area contributed by atoms with Gasteiger partial charge >= 0.3 is 0 Å². The lowest BCUT2D eigenvalue weighted by atomic mass is 9.92. The maximum atomic E-state index is 12.5. The maximum absolute atomic E-state index is 12.5. The molecule has 2 rings (SSSR count). The Morgan fingerprint density at radius 2 is 2.23 bits per heavy atom. The zero-order valence-electron chi connectivity index (χ0n) is 13.6. The quantitative estimate of drug-likeness (QED) is 0.926. The molecule has 1 fully saturated rings. The zero-order valence-corrected chi connectivity index (χ0v) is 14.3. The number of carbonyl (C=O) groups is 1. The van der Waals surface area contributed by atoms with E-state index >= 15 is 0 Å². The molecule has 0 aliphatic carbocycles. The van der Waals surface area contributed by atoms with E-state index in [2.05, 4.69) is 18.7 Å². The van der Waals surface area contributed by atoms with E-state index in [4.69, 9.17) is 11.6 Å². The van der Waals surface area contributed by atoms with E-state index in [9.17, 15) is 9.90 Å². The molecule has 0 saturated carbocycles. The van der Waals surface area contributed by atoms with Gasteiger partial charge in [0.1, 0.15) is 5.75 Å². The van der Waals surface area contributed by atoms with Crippen LogP contribution in [0, 0.1) is 5.92 Å². The number of benzene rings is 1. The summed E-state index contributed by atoms with van der Waals surface area (Å²) in [5, 5.41) is 9.82. The molecule has 1 aliphatic heterocycles. The summed E-state index contributed by atoms with van der Waals surface area (Å²) in [6.45, 7) is 7.54. The number of piperidine rings is 1. The lowest BCUT2D eigenvalue weighted by molar-refractivity contribution is -0.133. The van der Waals surface area contributed by atoms with Crippen molar-refractivity contribution >= 4 is 17.5 Å². The molecule has 1 aromatic rings. The van der Waals surface area contributed by atoms with Crippen molar-refractivity contribution in [2.24, 2.45) is 5.92 Å². The summed E-state index contributed by atoms with van der Waals surface area (Å²) in [5.74, 6) is 0.669. The average Bonchev–Trinajstić information content (AvgIpc) is 2.49. The van der Waals surface area contributed by atoms with E-state index in [-0.39, 0.29) is 24.1 Å². The minimum absolute atomic E-state index is 0.0781. The summed E-state index contributed by atoms with van der Waals surface area (Å²) in [6, 6.07) is 5.04. The number of rotatable bonds is 4. The second-order valence-corrected chi connectivity index (χ2v) is 6.59. The third kappa shape index (κ3) is 3.93. The van der Waals surface area contributed by atoms with Crippen molar-refractivity contribution in [2.75, 3.05) is 26.7 Å². The topological polar surface area (TPSA) is 43.8 Å². The van der Waals surface area contributed by atoms with Crippen LogP contribution in [-0.2, 0) is 11.2 Å². The van der Waals surface area contributed by atoms with Crippen molar-refractivity contribution in [1.82, 2.24) is 9.80 Å². The molecule has 1 aromatic carbocycles. The number of likely N-dealkylation sites (tertiary alicyclic amines) is 1. The highest BCUT2D eigenvalue weighted by atomic mass is 35.5. The van der Waals surface area contributed by atoms with Gasteiger partial charge in [-0.15, -0.1) is 0 Å². The molecule has 122 valence electrons. The number of hydrogen-bond donors (Lipinski definition) is 1. The number of amides is 1. The van der Waals surface area contributed by atoms with Crippen LogP contribution < -0.4 is 0 Å². The van der Waals surface area contributed by atoms with Crippen LogP contribution in [0.4, 0.5) is 0 Å². The fourth-order valence-corrected chi connectivity index (χ4v) is 3.48. The molecule has 22 heavy (non-hydrogen) atoms. The summed E-state index contributed by atoms with van der Waals surface area (Å²) >= 11 is 6.09. The van der Waals surface area contributed by atoms with Gasteiger partial charge in [0, 0.05) is 31.2 Å². The molecular formula is C17H25ClN2O2. The van der Waals surface area contributed by atoms with Crippen LogP contribution >= 0.6 is 11.6 Å². The lowest BCUT2D eigenvalue weighted by Gasteiger charge is -2.41. The molecule has 2 atom stereocenters. The van der Waals surface area contributed by atoms with Crippen LogP contribution in [-0.4, -0.2) is 53.5 Å². The Labute approximate surface area is 137 Å². The van der Waals surface area contributed by atoms with Gasteiger partial charge in [-0.3, -0.25) is 4.79 Å². The van der Waals surface area contributed by atoms with Crippen LogP contribution in [0.25, 0.3) is 0 Å². The van der Waals surface area contributed by atoms with Gasteiger partial charge < -0.3 is 14.9 Å². The number of phenolic OH excluding ortho intramolecular Hbond substituents is 1. The standard InChI is InChI=1S/C17H25ClN2O2/c1-4-20-8-7-16(12(2)11-20)19(3)17(22)9-13-5-6-14(21)10-15(13)18/h5-6,10,12,16,21H,4,7-9,11H2,1-3H3/t12-,16+/m0/s1. The molecule has 0 aromatic heterocycles. The fourth-order valence-electron chi connectivity index (χ4n) is 3.23. The van der Waals surface area contributed by atoms with Crippen LogP contribution in [0.5, 0.6) is 5.75 Å². The highest BCUT2D eigenvalue weighted by Crippen LogP contribution is 2.25. The van der Waals surface area contributed by atoms with E-state index in [1.165, 1.54) is 6.07 Å². The van der Waals surface area contributed by atoms with Crippen LogP contribution in [0.2, 0.25) is 5.02 Å². The first kappa shape index (κ1) is 17.1. The molecular weight excluding hydrogens is 300 g/mol. The summed E-state index contributed by atoms with van der Waals surface area (Å²) < 4.78 is 0. The van der Waals surface area contributed by atoms with Gasteiger partial charge in [0.05, 0.1) is 6.42 Å². The van der Waals surface area contributed by atoms with Gasteiger partial charge in [-0.05, 0) is 36.6 Å². The van der Waals surface area contributed by atoms with Crippen molar-refractivity contribution < 1.29 is 9.90 Å². The molecule has 0 bridgehead atoms. The van der Waals surface area contributed by atoms with Crippen molar-refractivity contribution in [3.8, 4) is 5.75 Å². The number of aromatic hydroxyl groups is 1. The highest BCUT2D eigenvalue weighted by molar-refractivity contribution is 6.31. The molecule has 1 saturated heterocycles. The summed E-state index contributed by atoms with van der Waals surface area (Å²) in [5.41, 5.74) is 0.759. The van der Waals surface area contributed by atoms with Gasteiger partial charge in [0.15, 0.2) is 0 Å². The number of likely N-dealkylation sites (N-methyl/N-ethyl adjacent to an activating group) is 1. The molecule has 1 amide bonds. The van der Waals surface area contributed by atoms with E-state index < -0.39 is 0 Å². The third-order valence-electron chi connectivity index (χ3n) is 4.66. The average molecular weight is 325 g/mol. The van der Waals surface area contributed by atoms with Crippen LogP contribution in [0.1, 0.15) is 25.8 Å². The van der Waals surface area contributed by atoms with E-state index in [0.29, 0.717) is 10.9 Å². The molecule has 0 unspecified atom stereocenters. The first-order chi connectivity index (χ1) is 10.4. The van der Waals surface area contributed by atoms with Gasteiger partial charge in [0.25, 0.3) is 0 Å². The molecule has 1 heterocycles. The smallest absolute Gasteiger partial charge is 0.227 e. The van der Waals surface area contributed by atoms with E-state index in [0.717, 1.165) is 31.6 Å². The van der Waals surface area contributed by atoms with E-state index in [1.54, 1.807) is 12.1 Å². The normalized spacial score (nSPS) is 22.5. The summed E-state index contributed by atoms with van der Waals surface area (Å²) in [4.78, 5) is 16.8. The number of nitrogens with zero attached hydrogens (tertiary/aromatic N) is 2. The second-order valence-electron chi connectivity index (χ2n) is 6.18. The number of halogens is 1. The van der Waals surface area contributed by atoms with Gasteiger partial charge in [-0.25, -0.2) is 0 Å². The molecule has 5 heteroatoms. The summed E-state index contributed by atoms with van der Waals surface area (Å²) in [6.07, 6.45) is 1.29. The fraction of sp³-hybridized carbons (Fsp3) is 0.588. The minimum Gasteiger partial charge on any atom is -0.508 e. The van der Waals surface area contributed by atoms with Crippen molar-refractivity contribution in [1.29, 1.82) is 0 Å². The number of hydrogen-bond acceptors (Lipinski definition) is 3. The Balaban J connectivity index is 2.00. The third-order valence-corrected chi connectivity index (χ3v) is 5.01. The molecule has 4 nitrogen and oxygen atoms in total. The lowest BCUT2D eigenvalue weighted by Crippen LogP contribution is -2.50. The number of carbonyl (C=O) groups excluding carboxylic acids is 1. The molecule has 1 aliphatic rings. The molecule has 0 radical (unpaired) electrons. The maximum Gasteiger partial charge on any atom is 0.227 e. The minimum atomic E-state index is 0.0781. The predicted molar refractivity (Wildman–Crippen MR) is 89.3 cm³/mol. The number of phenols is 1. The Kier molecular flexibility index (Phi) is 5.70. The largest absolute Gasteiger partial charge is 0.508 e.